The Hall–Kier alpha value is -1.81. The smallest absolute Gasteiger partial charge is 0.123 e. The number of nitrogens with zero attached hydrogens (tertiary/aromatic N) is 2. The van der Waals surface area contributed by atoms with Crippen molar-refractivity contribution < 1.29 is 4.74 Å². The largest absolute Gasteiger partial charge is 0.496 e. The van der Waals surface area contributed by atoms with Crippen LogP contribution in [0.1, 0.15) is 31.0 Å². The number of ether oxygens (including phenoxy) is 1. The molecule has 2 aromatic rings. The van der Waals surface area contributed by atoms with Gasteiger partial charge in [0.15, 0.2) is 0 Å². The monoisotopic (exact) mass is 273 g/mol. The number of aryl methyl sites for hydroxylation is 1. The molecule has 1 aromatic heterocycles. The van der Waals surface area contributed by atoms with Gasteiger partial charge in [-0.3, -0.25) is 4.68 Å². The first-order valence-electron chi connectivity index (χ1n) is 6.98. The van der Waals surface area contributed by atoms with Gasteiger partial charge in [-0.1, -0.05) is 12.1 Å². The van der Waals surface area contributed by atoms with Crippen molar-refractivity contribution in [2.24, 2.45) is 0 Å². The number of methoxy groups -OCH3 is 1. The second-order valence-electron chi connectivity index (χ2n) is 5.26. The fourth-order valence-electron chi connectivity index (χ4n) is 2.43. The molecule has 0 fully saturated rings. The molecule has 0 saturated carbocycles. The average molecular weight is 273 g/mol. The Morgan fingerprint density at radius 1 is 1.35 bits per heavy atom. The summed E-state index contributed by atoms with van der Waals surface area (Å²) in [5.74, 6) is 0.941. The van der Waals surface area contributed by atoms with Gasteiger partial charge in [-0.25, -0.2) is 0 Å². The minimum absolute atomic E-state index is 0.233. The lowest BCUT2D eigenvalue weighted by molar-refractivity contribution is 0.382. The molecule has 0 radical (unpaired) electrons. The summed E-state index contributed by atoms with van der Waals surface area (Å²) in [7, 11) is 1.72. The van der Waals surface area contributed by atoms with Gasteiger partial charge in [0.25, 0.3) is 0 Å². The number of hydrogen-bond acceptors (Lipinski definition) is 3. The highest BCUT2D eigenvalue weighted by Gasteiger charge is 2.14. The van der Waals surface area contributed by atoms with Crippen molar-refractivity contribution in [1.29, 1.82) is 0 Å². The van der Waals surface area contributed by atoms with Gasteiger partial charge in [0.1, 0.15) is 5.75 Å². The van der Waals surface area contributed by atoms with Crippen LogP contribution in [0, 0.1) is 6.92 Å². The molecule has 0 aliphatic carbocycles. The van der Waals surface area contributed by atoms with Crippen LogP contribution < -0.4 is 10.1 Å². The van der Waals surface area contributed by atoms with Gasteiger partial charge in [0.05, 0.1) is 13.7 Å². The van der Waals surface area contributed by atoms with Gasteiger partial charge in [-0.05, 0) is 38.5 Å². The zero-order valence-corrected chi connectivity index (χ0v) is 12.6. The molecule has 4 heteroatoms. The minimum atomic E-state index is 0.233. The van der Waals surface area contributed by atoms with Gasteiger partial charge >= 0.3 is 0 Å². The Kier molecular flexibility index (Phi) is 4.79. The Morgan fingerprint density at radius 2 is 2.15 bits per heavy atom. The molecule has 2 unspecified atom stereocenters. The number of hydrogen-bond donors (Lipinski definition) is 1. The van der Waals surface area contributed by atoms with Crippen molar-refractivity contribution in [3.63, 3.8) is 0 Å². The maximum atomic E-state index is 5.48. The van der Waals surface area contributed by atoms with E-state index < -0.39 is 0 Å². The summed E-state index contributed by atoms with van der Waals surface area (Å²) in [6, 6.07) is 8.83. The maximum Gasteiger partial charge on any atom is 0.123 e. The second kappa shape index (κ2) is 6.57. The molecule has 2 rings (SSSR count). The van der Waals surface area contributed by atoms with Crippen LogP contribution >= 0.6 is 0 Å². The lowest BCUT2D eigenvalue weighted by Crippen LogP contribution is -2.33. The predicted octanol–water partition coefficient (Wildman–Crippen LogP) is 2.94. The highest BCUT2D eigenvalue weighted by Crippen LogP contribution is 2.26. The molecule has 0 aliphatic rings. The van der Waals surface area contributed by atoms with Crippen LogP contribution in [-0.4, -0.2) is 22.9 Å². The third kappa shape index (κ3) is 3.61. The van der Waals surface area contributed by atoms with E-state index in [2.05, 4.69) is 49.4 Å². The quantitative estimate of drug-likeness (QED) is 0.879. The molecule has 108 valence electrons. The van der Waals surface area contributed by atoms with E-state index in [0.29, 0.717) is 6.04 Å². The first-order valence-corrected chi connectivity index (χ1v) is 6.98. The summed E-state index contributed by atoms with van der Waals surface area (Å²) >= 11 is 0. The average Bonchev–Trinajstić information content (AvgIpc) is 2.90. The Labute approximate surface area is 120 Å². The molecule has 0 amide bonds. The molecule has 4 nitrogen and oxygen atoms in total. The maximum absolute atomic E-state index is 5.48. The molecule has 1 heterocycles. The topological polar surface area (TPSA) is 39.1 Å². The first kappa shape index (κ1) is 14.6. The summed E-state index contributed by atoms with van der Waals surface area (Å²) in [6.07, 6.45) is 3.79. The summed E-state index contributed by atoms with van der Waals surface area (Å²) in [5.41, 5.74) is 2.40. The Bertz CT molecular complexity index is 537. The third-order valence-corrected chi connectivity index (χ3v) is 3.41. The van der Waals surface area contributed by atoms with Crippen molar-refractivity contribution in [3.05, 3.63) is 47.8 Å². The minimum Gasteiger partial charge on any atom is -0.496 e. The van der Waals surface area contributed by atoms with E-state index in [0.717, 1.165) is 12.3 Å². The van der Waals surface area contributed by atoms with Crippen molar-refractivity contribution in [1.82, 2.24) is 15.1 Å². The van der Waals surface area contributed by atoms with Crippen LogP contribution in [0.5, 0.6) is 5.75 Å². The number of aromatic nitrogens is 2. The SMILES string of the molecule is COc1cc(C)ccc1C(C)NC(C)Cn1cccn1. The lowest BCUT2D eigenvalue weighted by Gasteiger charge is -2.22. The Balaban J connectivity index is 2.02. The fraction of sp³-hybridized carbons (Fsp3) is 0.438. The number of rotatable bonds is 6. The summed E-state index contributed by atoms with van der Waals surface area (Å²) in [4.78, 5) is 0. The zero-order chi connectivity index (χ0) is 14.5. The standard InChI is InChI=1S/C16H23N3O/c1-12-6-7-15(16(10-12)20-4)14(3)18-13(2)11-19-9-5-8-17-19/h5-10,13-14,18H,11H2,1-4H3. The second-order valence-corrected chi connectivity index (χ2v) is 5.26. The molecule has 20 heavy (non-hydrogen) atoms. The summed E-state index contributed by atoms with van der Waals surface area (Å²) < 4.78 is 7.42. The van der Waals surface area contributed by atoms with Crippen molar-refractivity contribution >= 4 is 0 Å². The highest BCUT2D eigenvalue weighted by molar-refractivity contribution is 5.39. The zero-order valence-electron chi connectivity index (χ0n) is 12.6. The van der Waals surface area contributed by atoms with E-state index in [1.165, 1.54) is 11.1 Å². The first-order chi connectivity index (χ1) is 9.60. The molecule has 2 atom stereocenters. The van der Waals surface area contributed by atoms with Gasteiger partial charge in [0, 0.05) is 30.0 Å². The van der Waals surface area contributed by atoms with Gasteiger partial charge < -0.3 is 10.1 Å². The van der Waals surface area contributed by atoms with Crippen LogP contribution in [-0.2, 0) is 6.54 Å². The van der Waals surface area contributed by atoms with Crippen LogP contribution in [0.4, 0.5) is 0 Å². The van der Waals surface area contributed by atoms with Gasteiger partial charge in [0.2, 0.25) is 0 Å². The number of benzene rings is 1. The predicted molar refractivity (Wildman–Crippen MR) is 81.0 cm³/mol. The molecule has 0 aliphatic heterocycles. The van der Waals surface area contributed by atoms with Gasteiger partial charge in [-0.2, -0.15) is 5.10 Å². The molecular weight excluding hydrogens is 250 g/mol. The fourth-order valence-corrected chi connectivity index (χ4v) is 2.43. The normalized spacial score (nSPS) is 14.0. The lowest BCUT2D eigenvalue weighted by atomic mass is 10.0. The van der Waals surface area contributed by atoms with E-state index in [4.69, 9.17) is 4.74 Å². The van der Waals surface area contributed by atoms with Crippen molar-refractivity contribution in [3.8, 4) is 5.75 Å². The van der Waals surface area contributed by atoms with Crippen LogP contribution in [0.25, 0.3) is 0 Å². The molecular formula is C16H23N3O. The van der Waals surface area contributed by atoms with E-state index in [1.807, 2.05) is 16.9 Å². The van der Waals surface area contributed by atoms with Crippen LogP contribution in [0.2, 0.25) is 0 Å². The van der Waals surface area contributed by atoms with Crippen molar-refractivity contribution in [2.75, 3.05) is 7.11 Å². The van der Waals surface area contributed by atoms with E-state index in [-0.39, 0.29) is 6.04 Å². The molecule has 1 N–H and O–H groups in total. The van der Waals surface area contributed by atoms with Crippen LogP contribution in [0.3, 0.4) is 0 Å². The van der Waals surface area contributed by atoms with E-state index in [1.54, 1.807) is 13.3 Å². The van der Waals surface area contributed by atoms with Gasteiger partial charge in [-0.15, -0.1) is 0 Å². The van der Waals surface area contributed by atoms with E-state index in [9.17, 15) is 0 Å². The molecule has 0 bridgehead atoms. The molecule has 1 aromatic carbocycles. The molecule has 0 spiro atoms. The summed E-state index contributed by atoms with van der Waals surface area (Å²) in [5, 5.41) is 7.82. The van der Waals surface area contributed by atoms with Crippen molar-refractivity contribution in [2.45, 2.75) is 39.4 Å². The molecule has 0 saturated heterocycles. The third-order valence-electron chi connectivity index (χ3n) is 3.41. The Morgan fingerprint density at radius 3 is 2.80 bits per heavy atom. The highest BCUT2D eigenvalue weighted by atomic mass is 16.5. The van der Waals surface area contributed by atoms with E-state index >= 15 is 0 Å². The summed E-state index contributed by atoms with van der Waals surface area (Å²) in [6.45, 7) is 7.25. The van der Waals surface area contributed by atoms with Crippen LogP contribution in [0.15, 0.2) is 36.7 Å². The number of nitrogens with one attached hydrogen (secondary N) is 1.